The third-order valence-corrected chi connectivity index (χ3v) is 4.39. The zero-order valence-electron chi connectivity index (χ0n) is 20.2. The monoisotopic (exact) mass is 474 g/mol. The first-order chi connectivity index (χ1) is 15.7. The van der Waals surface area contributed by atoms with Crippen molar-refractivity contribution in [2.24, 2.45) is 5.41 Å². The van der Waals surface area contributed by atoms with Gasteiger partial charge < -0.3 is 33.9 Å². The van der Waals surface area contributed by atoms with E-state index in [0.717, 1.165) is 25.3 Å². The summed E-state index contributed by atoms with van der Waals surface area (Å²) >= 11 is 0. The van der Waals surface area contributed by atoms with Crippen LogP contribution >= 0.6 is 0 Å². The summed E-state index contributed by atoms with van der Waals surface area (Å²) in [5, 5.41) is 19.8. The van der Waals surface area contributed by atoms with Gasteiger partial charge in [0.2, 0.25) is 0 Å². The van der Waals surface area contributed by atoms with E-state index < -0.39 is 29.6 Å². The molecular weight excluding hydrogens is 432 g/mol. The normalized spacial score (nSPS) is 13.2. The molecule has 0 aromatic rings. The fourth-order valence-electron chi connectivity index (χ4n) is 2.44. The predicted octanol–water partition coefficient (Wildman–Crippen LogP) is 2.19. The van der Waals surface area contributed by atoms with Gasteiger partial charge in [0.05, 0.1) is 38.4 Å². The molecule has 2 unspecified atom stereocenters. The summed E-state index contributed by atoms with van der Waals surface area (Å²) in [6.45, 7) is 11.7. The maximum atomic E-state index is 12.3. The van der Waals surface area contributed by atoms with E-state index >= 15 is 0 Å². The highest BCUT2D eigenvalue weighted by atomic mass is 16.6. The maximum Gasteiger partial charge on any atom is 0.330 e. The lowest BCUT2D eigenvalue weighted by Gasteiger charge is -2.24. The summed E-state index contributed by atoms with van der Waals surface area (Å²) in [5.74, 6) is -0.976. The minimum atomic E-state index is -0.949. The van der Waals surface area contributed by atoms with Gasteiger partial charge in [-0.25, -0.2) is 4.79 Å². The standard InChI is InChI=1S/C24H42O9/c1-5-7-8-9-12-29-15-20(25)17-31-19-24(3,4)23(28)33-18-21(26)16-30-13-10-11-14-32-22(27)6-2/h5-6,20-21,25-26H,1-2,7-19H2,3-4H3. The van der Waals surface area contributed by atoms with E-state index in [0.29, 0.717) is 26.1 Å². The molecule has 0 amide bonds. The van der Waals surface area contributed by atoms with E-state index in [2.05, 4.69) is 13.2 Å². The Hall–Kier alpha value is -1.78. The van der Waals surface area contributed by atoms with E-state index in [1.165, 1.54) is 0 Å². The van der Waals surface area contributed by atoms with Crippen molar-refractivity contribution >= 4 is 11.9 Å². The fourth-order valence-corrected chi connectivity index (χ4v) is 2.44. The molecule has 2 N–H and O–H groups in total. The average molecular weight is 475 g/mol. The quantitative estimate of drug-likeness (QED) is 0.105. The lowest BCUT2D eigenvalue weighted by molar-refractivity contribution is -0.162. The van der Waals surface area contributed by atoms with Gasteiger partial charge in [-0.1, -0.05) is 12.7 Å². The number of unbranched alkanes of at least 4 members (excludes halogenated alkanes) is 3. The van der Waals surface area contributed by atoms with Crippen LogP contribution in [0, 0.1) is 5.41 Å². The van der Waals surface area contributed by atoms with E-state index in [4.69, 9.17) is 23.7 Å². The Morgan fingerprint density at radius 3 is 1.97 bits per heavy atom. The summed E-state index contributed by atoms with van der Waals surface area (Å²) in [7, 11) is 0. The fraction of sp³-hybridized carbons (Fsp3) is 0.750. The second kappa shape index (κ2) is 19.7. The number of carbonyl (C=O) groups is 2. The van der Waals surface area contributed by atoms with Crippen LogP contribution in [0.5, 0.6) is 0 Å². The number of aliphatic hydroxyl groups is 2. The number of allylic oxidation sites excluding steroid dienone is 1. The molecule has 0 aromatic carbocycles. The molecule has 2 atom stereocenters. The smallest absolute Gasteiger partial charge is 0.330 e. The molecular formula is C24H42O9. The SMILES string of the molecule is C=CCCCCOCC(O)COCC(C)(C)C(=O)OCC(O)COCCCCOC(=O)C=C. The molecule has 9 heteroatoms. The van der Waals surface area contributed by atoms with Gasteiger partial charge in [0.25, 0.3) is 0 Å². The van der Waals surface area contributed by atoms with Crippen molar-refractivity contribution < 1.29 is 43.5 Å². The van der Waals surface area contributed by atoms with Crippen LogP contribution in [0.15, 0.2) is 25.3 Å². The number of esters is 2. The number of rotatable bonds is 22. The van der Waals surface area contributed by atoms with Gasteiger partial charge in [-0.3, -0.25) is 4.79 Å². The molecule has 0 fully saturated rings. The van der Waals surface area contributed by atoms with E-state index in [1.807, 2.05) is 6.08 Å². The maximum absolute atomic E-state index is 12.3. The van der Waals surface area contributed by atoms with Crippen molar-refractivity contribution in [2.45, 2.75) is 58.2 Å². The van der Waals surface area contributed by atoms with Crippen LogP contribution in [-0.2, 0) is 33.3 Å². The summed E-state index contributed by atoms with van der Waals surface area (Å²) in [6, 6.07) is 0. The number of hydrogen-bond donors (Lipinski definition) is 2. The molecule has 0 radical (unpaired) electrons. The highest BCUT2D eigenvalue weighted by molar-refractivity contribution is 5.81. The molecule has 0 bridgehead atoms. The van der Waals surface area contributed by atoms with Crippen molar-refractivity contribution in [3.8, 4) is 0 Å². The Morgan fingerprint density at radius 2 is 1.36 bits per heavy atom. The molecule has 0 saturated carbocycles. The van der Waals surface area contributed by atoms with Crippen LogP contribution < -0.4 is 0 Å². The second-order valence-electron chi connectivity index (χ2n) is 8.32. The first kappa shape index (κ1) is 31.2. The van der Waals surface area contributed by atoms with Crippen LogP contribution in [-0.4, -0.2) is 87.2 Å². The van der Waals surface area contributed by atoms with Gasteiger partial charge in [-0.2, -0.15) is 0 Å². The molecule has 0 aliphatic rings. The summed E-state index contributed by atoms with van der Waals surface area (Å²) in [6.07, 6.45) is 5.39. The highest BCUT2D eigenvalue weighted by Gasteiger charge is 2.30. The molecule has 33 heavy (non-hydrogen) atoms. The Labute approximate surface area is 197 Å². The molecule has 0 saturated heterocycles. The molecule has 0 heterocycles. The lowest BCUT2D eigenvalue weighted by Crippen LogP contribution is -2.35. The Balaban J connectivity index is 3.83. The van der Waals surface area contributed by atoms with Gasteiger partial charge in [0.15, 0.2) is 0 Å². The number of ether oxygens (including phenoxy) is 5. The van der Waals surface area contributed by atoms with Crippen LogP contribution in [0.25, 0.3) is 0 Å². The van der Waals surface area contributed by atoms with Crippen molar-refractivity contribution in [3.63, 3.8) is 0 Å². The largest absolute Gasteiger partial charge is 0.463 e. The Kier molecular flexibility index (Phi) is 18.6. The molecule has 0 aromatic heterocycles. The minimum Gasteiger partial charge on any atom is -0.463 e. The van der Waals surface area contributed by atoms with Crippen LogP contribution in [0.2, 0.25) is 0 Å². The van der Waals surface area contributed by atoms with E-state index in [1.54, 1.807) is 13.8 Å². The zero-order valence-corrected chi connectivity index (χ0v) is 20.2. The highest BCUT2D eigenvalue weighted by Crippen LogP contribution is 2.18. The van der Waals surface area contributed by atoms with E-state index in [-0.39, 0.29) is 39.6 Å². The predicted molar refractivity (Wildman–Crippen MR) is 124 cm³/mol. The van der Waals surface area contributed by atoms with Crippen LogP contribution in [0.4, 0.5) is 0 Å². The number of hydrogen-bond acceptors (Lipinski definition) is 9. The van der Waals surface area contributed by atoms with Crippen LogP contribution in [0.1, 0.15) is 46.0 Å². The minimum absolute atomic E-state index is 0.0242. The zero-order chi connectivity index (χ0) is 25.0. The summed E-state index contributed by atoms with van der Waals surface area (Å²) in [4.78, 5) is 23.2. The van der Waals surface area contributed by atoms with Gasteiger partial charge in [-0.05, 0) is 46.0 Å². The van der Waals surface area contributed by atoms with Crippen molar-refractivity contribution in [2.75, 3.05) is 52.9 Å². The van der Waals surface area contributed by atoms with E-state index in [9.17, 15) is 19.8 Å². The van der Waals surface area contributed by atoms with Crippen LogP contribution in [0.3, 0.4) is 0 Å². The molecule has 0 rings (SSSR count). The summed E-state index contributed by atoms with van der Waals surface area (Å²) in [5.41, 5.74) is -0.936. The van der Waals surface area contributed by atoms with Crippen molar-refractivity contribution in [1.29, 1.82) is 0 Å². The molecule has 192 valence electrons. The molecule has 0 aliphatic carbocycles. The van der Waals surface area contributed by atoms with Crippen molar-refractivity contribution in [3.05, 3.63) is 25.3 Å². The topological polar surface area (TPSA) is 121 Å². The first-order valence-corrected chi connectivity index (χ1v) is 11.4. The van der Waals surface area contributed by atoms with Gasteiger partial charge in [0, 0.05) is 19.3 Å². The van der Waals surface area contributed by atoms with Gasteiger partial charge in [0.1, 0.15) is 18.8 Å². The van der Waals surface area contributed by atoms with Gasteiger partial charge in [-0.15, -0.1) is 6.58 Å². The Bertz CT molecular complexity index is 548. The number of carbonyl (C=O) groups excluding carboxylic acids is 2. The third-order valence-electron chi connectivity index (χ3n) is 4.39. The Morgan fingerprint density at radius 1 is 0.818 bits per heavy atom. The molecule has 9 nitrogen and oxygen atoms in total. The first-order valence-electron chi connectivity index (χ1n) is 11.4. The lowest BCUT2D eigenvalue weighted by atomic mass is 9.95. The van der Waals surface area contributed by atoms with Crippen molar-refractivity contribution in [1.82, 2.24) is 0 Å². The second-order valence-corrected chi connectivity index (χ2v) is 8.32. The third kappa shape index (κ3) is 18.3. The average Bonchev–Trinajstić information content (AvgIpc) is 2.78. The van der Waals surface area contributed by atoms with Gasteiger partial charge >= 0.3 is 11.9 Å². The molecule has 0 aliphatic heterocycles. The number of aliphatic hydroxyl groups excluding tert-OH is 2. The summed E-state index contributed by atoms with van der Waals surface area (Å²) < 4.78 is 26.2. The molecule has 0 spiro atoms.